The third-order valence-corrected chi connectivity index (χ3v) is 6.82. The molecule has 39 heavy (non-hydrogen) atoms. The van der Waals surface area contributed by atoms with Crippen LogP contribution in [0.15, 0.2) is 101 Å². The highest BCUT2D eigenvalue weighted by Crippen LogP contribution is 2.42. The highest BCUT2D eigenvalue weighted by molar-refractivity contribution is 5.49. The van der Waals surface area contributed by atoms with Crippen LogP contribution in [-0.2, 0) is 15.1 Å². The molecule has 3 atom stereocenters. The quantitative estimate of drug-likeness (QED) is 0.321. The van der Waals surface area contributed by atoms with Gasteiger partial charge < -0.3 is 24.1 Å². The molecule has 5 rings (SSSR count). The van der Waals surface area contributed by atoms with E-state index in [1.165, 1.54) is 23.3 Å². The van der Waals surface area contributed by atoms with Crippen molar-refractivity contribution in [1.29, 1.82) is 0 Å². The molecule has 3 aromatic carbocycles. The molecule has 1 fully saturated rings. The van der Waals surface area contributed by atoms with Crippen molar-refractivity contribution in [3.63, 3.8) is 0 Å². The van der Waals surface area contributed by atoms with Gasteiger partial charge in [0.05, 0.1) is 26.9 Å². The number of aliphatic hydroxyl groups excluding tert-OH is 1. The Morgan fingerprint density at radius 3 is 1.95 bits per heavy atom. The Bertz CT molecular complexity index is 1450. The number of methoxy groups -OCH3 is 2. The maximum Gasteiger partial charge on any atom is 0.330 e. The molecular formula is C30H29N2O7. The summed E-state index contributed by atoms with van der Waals surface area (Å²) in [6.07, 6.45) is 0.161. The van der Waals surface area contributed by atoms with E-state index in [0.717, 1.165) is 16.7 Å². The lowest BCUT2D eigenvalue weighted by Crippen LogP contribution is -2.38. The van der Waals surface area contributed by atoms with E-state index in [2.05, 4.69) is 4.98 Å². The van der Waals surface area contributed by atoms with Gasteiger partial charge in [-0.3, -0.25) is 14.3 Å². The van der Waals surface area contributed by atoms with Gasteiger partial charge in [0.25, 0.3) is 5.56 Å². The van der Waals surface area contributed by atoms with Crippen LogP contribution in [-0.4, -0.2) is 47.7 Å². The number of aliphatic hydroxyl groups is 1. The van der Waals surface area contributed by atoms with E-state index < -0.39 is 35.3 Å². The van der Waals surface area contributed by atoms with Gasteiger partial charge in [-0.15, -0.1) is 0 Å². The van der Waals surface area contributed by atoms with Crippen molar-refractivity contribution < 1.29 is 24.1 Å². The first-order chi connectivity index (χ1) is 18.9. The smallest absolute Gasteiger partial charge is 0.330 e. The summed E-state index contributed by atoms with van der Waals surface area (Å²) in [5, 5.41) is 10.8. The zero-order valence-electron chi connectivity index (χ0n) is 21.5. The molecule has 1 saturated heterocycles. The molecule has 0 spiro atoms. The number of hydrogen-bond donors (Lipinski definition) is 2. The van der Waals surface area contributed by atoms with E-state index in [0.29, 0.717) is 11.5 Å². The molecule has 1 aliphatic rings. The minimum absolute atomic E-state index is 0.0147. The van der Waals surface area contributed by atoms with E-state index in [-0.39, 0.29) is 6.61 Å². The van der Waals surface area contributed by atoms with E-state index in [1.807, 2.05) is 78.9 Å². The summed E-state index contributed by atoms with van der Waals surface area (Å²) in [4.78, 5) is 26.0. The number of nitrogens with one attached hydrogen (secondary N) is 1. The highest BCUT2D eigenvalue weighted by Gasteiger charge is 2.42. The molecule has 9 heteroatoms. The van der Waals surface area contributed by atoms with Crippen LogP contribution in [0.5, 0.6) is 11.5 Å². The average Bonchev–Trinajstić information content (AvgIpc) is 3.34. The summed E-state index contributed by atoms with van der Waals surface area (Å²) in [6, 6.07) is 26.2. The Hall–Kier alpha value is -4.18. The fraction of sp³-hybridized carbons (Fsp3) is 0.233. The second-order valence-corrected chi connectivity index (χ2v) is 9.08. The predicted molar refractivity (Wildman–Crippen MR) is 144 cm³/mol. The third kappa shape index (κ3) is 5.24. The first kappa shape index (κ1) is 26.4. The Labute approximate surface area is 225 Å². The number of hydrogen-bond acceptors (Lipinski definition) is 7. The molecule has 1 aromatic heterocycles. The number of nitrogens with zero attached hydrogens (tertiary/aromatic N) is 1. The molecule has 0 aliphatic carbocycles. The first-order valence-corrected chi connectivity index (χ1v) is 12.4. The minimum Gasteiger partial charge on any atom is -0.497 e. The van der Waals surface area contributed by atoms with Crippen LogP contribution >= 0.6 is 0 Å². The summed E-state index contributed by atoms with van der Waals surface area (Å²) < 4.78 is 24.8. The first-order valence-electron chi connectivity index (χ1n) is 12.4. The second-order valence-electron chi connectivity index (χ2n) is 9.08. The molecule has 0 amide bonds. The lowest BCUT2D eigenvalue weighted by atomic mass is 9.80. The molecule has 4 aromatic rings. The van der Waals surface area contributed by atoms with Crippen LogP contribution in [0.25, 0.3) is 0 Å². The molecule has 2 N–H and O–H groups in total. The van der Waals surface area contributed by atoms with Crippen LogP contribution in [0.2, 0.25) is 0 Å². The summed E-state index contributed by atoms with van der Waals surface area (Å²) in [7, 11) is 3.22. The molecule has 0 bridgehead atoms. The van der Waals surface area contributed by atoms with Crippen molar-refractivity contribution in [3.8, 4) is 11.5 Å². The van der Waals surface area contributed by atoms with Gasteiger partial charge >= 0.3 is 5.69 Å². The maximum absolute atomic E-state index is 12.3. The van der Waals surface area contributed by atoms with Gasteiger partial charge in [-0.1, -0.05) is 54.6 Å². The molecule has 2 heterocycles. The van der Waals surface area contributed by atoms with Crippen LogP contribution in [0.3, 0.4) is 0 Å². The van der Waals surface area contributed by atoms with Crippen LogP contribution in [0.4, 0.5) is 0 Å². The van der Waals surface area contributed by atoms with Gasteiger partial charge in [0.1, 0.15) is 29.4 Å². The molecule has 9 nitrogen and oxygen atoms in total. The normalized spacial score (nSPS) is 19.1. The summed E-state index contributed by atoms with van der Waals surface area (Å²) >= 11 is 0. The summed E-state index contributed by atoms with van der Waals surface area (Å²) in [5.41, 5.74) is 0.309. The number of aromatic amines is 1. The second kappa shape index (κ2) is 11.3. The SMILES string of the molecule is COc1ccc(C(OC[C@H]2O[C@@H](n3ccc(=O)[nH]c3=O)[CH][C@H]2O)(c2ccccc2)c2ccc(OC)cc2)cc1. The molecule has 1 radical (unpaired) electrons. The zero-order valence-corrected chi connectivity index (χ0v) is 21.5. The molecule has 0 saturated carbocycles. The van der Waals surface area contributed by atoms with Gasteiger partial charge in [0, 0.05) is 18.7 Å². The summed E-state index contributed by atoms with van der Waals surface area (Å²) in [5.74, 6) is 1.41. The van der Waals surface area contributed by atoms with Crippen molar-refractivity contribution in [2.45, 2.75) is 24.0 Å². The van der Waals surface area contributed by atoms with E-state index in [9.17, 15) is 14.7 Å². The predicted octanol–water partition coefficient (Wildman–Crippen LogP) is 3.03. The van der Waals surface area contributed by atoms with Crippen LogP contribution in [0, 0.1) is 6.42 Å². The monoisotopic (exact) mass is 529 g/mol. The minimum atomic E-state index is -1.09. The Kier molecular flexibility index (Phi) is 7.65. The number of benzene rings is 3. The van der Waals surface area contributed by atoms with Crippen molar-refractivity contribution >= 4 is 0 Å². The lowest BCUT2D eigenvalue weighted by molar-refractivity contribution is -0.0941. The van der Waals surface area contributed by atoms with Gasteiger partial charge in [-0.2, -0.15) is 0 Å². The lowest BCUT2D eigenvalue weighted by Gasteiger charge is -2.37. The van der Waals surface area contributed by atoms with Crippen LogP contribution in [0.1, 0.15) is 22.9 Å². The number of ether oxygens (including phenoxy) is 4. The molecule has 201 valence electrons. The van der Waals surface area contributed by atoms with Crippen molar-refractivity contribution in [2.75, 3.05) is 20.8 Å². The Morgan fingerprint density at radius 1 is 0.846 bits per heavy atom. The van der Waals surface area contributed by atoms with E-state index >= 15 is 0 Å². The molecule has 1 aliphatic heterocycles. The van der Waals surface area contributed by atoms with Crippen molar-refractivity contribution in [3.05, 3.63) is 135 Å². The Morgan fingerprint density at radius 2 is 1.41 bits per heavy atom. The van der Waals surface area contributed by atoms with Crippen molar-refractivity contribution in [1.82, 2.24) is 9.55 Å². The van der Waals surface area contributed by atoms with E-state index in [1.54, 1.807) is 14.2 Å². The fourth-order valence-electron chi connectivity index (χ4n) is 4.80. The van der Waals surface area contributed by atoms with Crippen LogP contribution < -0.4 is 20.7 Å². The van der Waals surface area contributed by atoms with E-state index in [4.69, 9.17) is 18.9 Å². The average molecular weight is 530 g/mol. The fourth-order valence-corrected chi connectivity index (χ4v) is 4.80. The number of H-pyrrole nitrogens is 1. The number of rotatable bonds is 9. The molecule has 0 unspecified atom stereocenters. The molecular weight excluding hydrogens is 500 g/mol. The third-order valence-electron chi connectivity index (χ3n) is 6.82. The zero-order chi connectivity index (χ0) is 27.4. The van der Waals surface area contributed by atoms with Gasteiger partial charge in [-0.05, 0) is 41.0 Å². The summed E-state index contributed by atoms with van der Waals surface area (Å²) in [6.45, 7) is -0.0147. The Balaban J connectivity index is 1.54. The maximum atomic E-state index is 12.3. The highest BCUT2D eigenvalue weighted by atomic mass is 16.6. The van der Waals surface area contributed by atoms with Gasteiger partial charge in [-0.25, -0.2) is 4.79 Å². The van der Waals surface area contributed by atoms with Gasteiger partial charge in [0.2, 0.25) is 0 Å². The van der Waals surface area contributed by atoms with Crippen molar-refractivity contribution in [2.24, 2.45) is 0 Å². The number of aromatic nitrogens is 2. The standard InChI is InChI=1S/C30H29N2O7/c1-36-23-12-8-21(9-13-23)30(20-6-4-3-5-7-20,22-10-14-24(37-2)15-11-22)38-19-26-25(33)18-28(39-26)32-17-16-27(34)31-29(32)35/h3-18,25-26,28,33H,19H2,1-2H3,(H,31,34,35)/t25-,26-,28-/m1/s1. The van der Waals surface area contributed by atoms with Gasteiger partial charge in [0.15, 0.2) is 0 Å². The topological polar surface area (TPSA) is 112 Å². The largest absolute Gasteiger partial charge is 0.497 e.